The number of nitrogens with one attached hydrogen (secondary N) is 1. The van der Waals surface area contributed by atoms with E-state index in [1.165, 1.54) is 6.07 Å². The molecular weight excluding hydrogens is 402 g/mol. The van der Waals surface area contributed by atoms with Gasteiger partial charge in [0.25, 0.3) is 10.0 Å². The molecule has 30 heavy (non-hydrogen) atoms. The van der Waals surface area contributed by atoms with Gasteiger partial charge in [0.1, 0.15) is 11.5 Å². The molecule has 7 heteroatoms. The van der Waals surface area contributed by atoms with E-state index in [2.05, 4.69) is 4.72 Å². The number of methoxy groups -OCH3 is 2. The number of rotatable bonds is 5. The smallest absolute Gasteiger partial charge is 0.264 e. The van der Waals surface area contributed by atoms with Crippen molar-refractivity contribution in [2.45, 2.75) is 30.1 Å². The minimum absolute atomic E-state index is 0.0857. The van der Waals surface area contributed by atoms with Crippen molar-refractivity contribution in [3.8, 4) is 11.5 Å². The van der Waals surface area contributed by atoms with E-state index < -0.39 is 21.8 Å². The largest absolute Gasteiger partial charge is 0.496 e. The molecule has 1 atom stereocenters. The van der Waals surface area contributed by atoms with Gasteiger partial charge in [-0.25, -0.2) is 13.1 Å². The molecule has 0 bridgehead atoms. The van der Waals surface area contributed by atoms with Gasteiger partial charge in [-0.2, -0.15) is 0 Å². The van der Waals surface area contributed by atoms with Crippen molar-refractivity contribution < 1.29 is 22.7 Å². The number of carbonyl (C=O) groups excluding carboxylic acids is 1. The van der Waals surface area contributed by atoms with Crippen LogP contribution in [0.2, 0.25) is 0 Å². The first kappa shape index (κ1) is 20.2. The predicted molar refractivity (Wildman–Crippen MR) is 115 cm³/mol. The second-order valence-corrected chi connectivity index (χ2v) is 8.90. The summed E-state index contributed by atoms with van der Waals surface area (Å²) in [6.45, 7) is 0. The van der Waals surface area contributed by atoms with E-state index in [0.29, 0.717) is 28.9 Å². The SMILES string of the molecule is COc1ccc(OC)c2c1CCCC2C(=O)NS(=O)(=O)c1cccc2ccccc12. The fraction of sp³-hybridized carbons (Fsp3) is 0.261. The van der Waals surface area contributed by atoms with E-state index in [1.807, 2.05) is 24.3 Å². The van der Waals surface area contributed by atoms with Crippen LogP contribution < -0.4 is 14.2 Å². The number of hydrogen-bond donors (Lipinski definition) is 1. The molecule has 156 valence electrons. The first-order valence-corrected chi connectivity index (χ1v) is 11.2. The summed E-state index contributed by atoms with van der Waals surface area (Å²) in [6, 6.07) is 15.8. The molecule has 0 heterocycles. The Kier molecular flexibility index (Phi) is 5.39. The van der Waals surface area contributed by atoms with E-state index in [0.717, 1.165) is 23.8 Å². The molecule has 4 rings (SSSR count). The molecule has 0 saturated heterocycles. The van der Waals surface area contributed by atoms with Crippen molar-refractivity contribution in [3.63, 3.8) is 0 Å². The molecule has 1 N–H and O–H groups in total. The number of amides is 1. The predicted octanol–water partition coefficient (Wildman–Crippen LogP) is 3.78. The van der Waals surface area contributed by atoms with Crippen molar-refractivity contribution >= 4 is 26.7 Å². The van der Waals surface area contributed by atoms with Gasteiger partial charge in [0.15, 0.2) is 0 Å². The van der Waals surface area contributed by atoms with Crippen molar-refractivity contribution in [2.75, 3.05) is 14.2 Å². The first-order chi connectivity index (χ1) is 14.5. The normalized spacial score (nSPS) is 16.0. The zero-order chi connectivity index (χ0) is 21.3. The zero-order valence-corrected chi connectivity index (χ0v) is 17.7. The van der Waals surface area contributed by atoms with Crippen LogP contribution in [0.3, 0.4) is 0 Å². The molecule has 1 unspecified atom stereocenters. The van der Waals surface area contributed by atoms with Gasteiger partial charge in [-0.05, 0) is 42.8 Å². The van der Waals surface area contributed by atoms with Crippen LogP contribution in [-0.2, 0) is 21.2 Å². The Bertz CT molecular complexity index is 1210. The van der Waals surface area contributed by atoms with Gasteiger partial charge >= 0.3 is 0 Å². The average Bonchev–Trinajstić information content (AvgIpc) is 2.77. The molecule has 0 aliphatic heterocycles. The van der Waals surface area contributed by atoms with Crippen LogP contribution in [0.1, 0.15) is 29.9 Å². The van der Waals surface area contributed by atoms with Crippen molar-refractivity contribution in [3.05, 3.63) is 65.7 Å². The van der Waals surface area contributed by atoms with Gasteiger partial charge < -0.3 is 9.47 Å². The van der Waals surface area contributed by atoms with Crippen LogP contribution in [0.5, 0.6) is 11.5 Å². The highest BCUT2D eigenvalue weighted by Crippen LogP contribution is 2.42. The number of carbonyl (C=O) groups is 1. The summed E-state index contributed by atoms with van der Waals surface area (Å²) in [6.07, 6.45) is 2.03. The second kappa shape index (κ2) is 7.99. The number of fused-ring (bicyclic) bond motifs is 2. The van der Waals surface area contributed by atoms with E-state index >= 15 is 0 Å². The Hall–Kier alpha value is -3.06. The third-order valence-corrected chi connectivity index (χ3v) is 6.98. The van der Waals surface area contributed by atoms with Gasteiger partial charge in [0.2, 0.25) is 5.91 Å². The molecule has 0 spiro atoms. The first-order valence-electron chi connectivity index (χ1n) is 9.74. The number of ether oxygens (including phenoxy) is 2. The number of hydrogen-bond acceptors (Lipinski definition) is 5. The summed E-state index contributed by atoms with van der Waals surface area (Å²) in [4.78, 5) is 13.3. The zero-order valence-electron chi connectivity index (χ0n) is 16.8. The summed E-state index contributed by atoms with van der Waals surface area (Å²) in [5, 5.41) is 1.37. The molecule has 3 aromatic carbocycles. The number of benzene rings is 3. The van der Waals surface area contributed by atoms with E-state index in [4.69, 9.17) is 9.47 Å². The Labute approximate surface area is 175 Å². The molecule has 0 radical (unpaired) electrons. The maximum absolute atomic E-state index is 13.2. The minimum atomic E-state index is -4.04. The highest BCUT2D eigenvalue weighted by molar-refractivity contribution is 7.90. The second-order valence-electron chi connectivity index (χ2n) is 7.25. The molecule has 1 amide bonds. The molecular formula is C23H23NO5S. The quantitative estimate of drug-likeness (QED) is 0.673. The lowest BCUT2D eigenvalue weighted by Gasteiger charge is -2.28. The Balaban J connectivity index is 1.72. The number of sulfonamides is 1. The van der Waals surface area contributed by atoms with Gasteiger partial charge in [0, 0.05) is 16.5 Å². The van der Waals surface area contributed by atoms with Crippen LogP contribution in [0.4, 0.5) is 0 Å². The van der Waals surface area contributed by atoms with Crippen molar-refractivity contribution in [1.29, 1.82) is 0 Å². The Morgan fingerprint density at radius 2 is 1.67 bits per heavy atom. The van der Waals surface area contributed by atoms with Gasteiger partial charge in [-0.3, -0.25) is 4.79 Å². The van der Waals surface area contributed by atoms with Gasteiger partial charge in [-0.15, -0.1) is 0 Å². The standard InChI is InChI=1S/C23H23NO5S/c1-28-19-13-14-20(29-2)22-17(19)10-6-11-18(22)23(25)24-30(26,27)21-12-5-8-15-7-3-4-9-16(15)21/h3-5,7-9,12-14,18H,6,10-11H2,1-2H3,(H,24,25). The fourth-order valence-electron chi connectivity index (χ4n) is 4.21. The van der Waals surface area contributed by atoms with Crippen molar-refractivity contribution in [2.24, 2.45) is 0 Å². The van der Waals surface area contributed by atoms with E-state index in [-0.39, 0.29) is 4.90 Å². The lowest BCUT2D eigenvalue weighted by Crippen LogP contribution is -2.36. The Morgan fingerprint density at radius 1 is 0.967 bits per heavy atom. The summed E-state index contributed by atoms with van der Waals surface area (Å²) < 4.78 is 39.4. The summed E-state index contributed by atoms with van der Waals surface area (Å²) in [7, 11) is -0.925. The van der Waals surface area contributed by atoms with E-state index in [1.54, 1.807) is 38.5 Å². The molecule has 1 aliphatic carbocycles. The van der Waals surface area contributed by atoms with Crippen LogP contribution in [0, 0.1) is 0 Å². The molecule has 0 fully saturated rings. The maximum atomic E-state index is 13.2. The fourth-order valence-corrected chi connectivity index (χ4v) is 5.46. The third kappa shape index (κ3) is 3.50. The van der Waals surface area contributed by atoms with Crippen molar-refractivity contribution in [1.82, 2.24) is 4.72 Å². The average molecular weight is 426 g/mol. The third-order valence-electron chi connectivity index (χ3n) is 5.57. The molecule has 1 aliphatic rings. The highest BCUT2D eigenvalue weighted by atomic mass is 32.2. The lowest BCUT2D eigenvalue weighted by atomic mass is 9.81. The Morgan fingerprint density at radius 3 is 2.43 bits per heavy atom. The highest BCUT2D eigenvalue weighted by Gasteiger charge is 2.34. The molecule has 6 nitrogen and oxygen atoms in total. The monoisotopic (exact) mass is 425 g/mol. The van der Waals surface area contributed by atoms with E-state index in [9.17, 15) is 13.2 Å². The maximum Gasteiger partial charge on any atom is 0.264 e. The summed E-state index contributed by atoms with van der Waals surface area (Å²) in [5.74, 6) is 0.0485. The molecule has 0 saturated carbocycles. The topological polar surface area (TPSA) is 81.7 Å². The van der Waals surface area contributed by atoms with Crippen LogP contribution in [0.25, 0.3) is 10.8 Å². The summed E-state index contributed by atoms with van der Waals surface area (Å²) >= 11 is 0. The minimum Gasteiger partial charge on any atom is -0.496 e. The van der Waals surface area contributed by atoms with Crippen LogP contribution in [-0.4, -0.2) is 28.5 Å². The van der Waals surface area contributed by atoms with Gasteiger partial charge in [-0.1, -0.05) is 36.4 Å². The molecule has 0 aromatic heterocycles. The summed E-state index contributed by atoms with van der Waals surface area (Å²) in [5.41, 5.74) is 1.60. The lowest BCUT2D eigenvalue weighted by molar-refractivity contribution is -0.121. The van der Waals surface area contributed by atoms with Crippen LogP contribution >= 0.6 is 0 Å². The molecule has 3 aromatic rings. The van der Waals surface area contributed by atoms with Crippen LogP contribution in [0.15, 0.2) is 59.5 Å². The van der Waals surface area contributed by atoms with Gasteiger partial charge in [0.05, 0.1) is 25.0 Å².